The quantitative estimate of drug-likeness (QED) is 0.359. The molecule has 0 spiro atoms. The number of ether oxygens (including phenoxy) is 2. The fourth-order valence-corrected chi connectivity index (χ4v) is 5.71. The van der Waals surface area contributed by atoms with Crippen LogP contribution in [0.3, 0.4) is 0 Å². The highest BCUT2D eigenvalue weighted by molar-refractivity contribution is 7.93. The lowest BCUT2D eigenvalue weighted by Crippen LogP contribution is -2.34. The van der Waals surface area contributed by atoms with Crippen molar-refractivity contribution in [3.05, 3.63) is 47.6 Å². The Morgan fingerprint density at radius 3 is 2.78 bits per heavy atom. The van der Waals surface area contributed by atoms with Crippen molar-refractivity contribution < 1.29 is 22.7 Å². The second-order valence-electron chi connectivity index (χ2n) is 8.40. The molecule has 0 aliphatic heterocycles. The zero-order valence-electron chi connectivity index (χ0n) is 20.2. The van der Waals surface area contributed by atoms with Gasteiger partial charge in [-0.3, -0.25) is 19.5 Å². The van der Waals surface area contributed by atoms with Crippen LogP contribution in [0.1, 0.15) is 48.2 Å². The van der Waals surface area contributed by atoms with E-state index in [0.29, 0.717) is 53.9 Å². The molecule has 2 N–H and O–H groups in total. The summed E-state index contributed by atoms with van der Waals surface area (Å²) in [5, 5.41) is 2.88. The third-order valence-electron chi connectivity index (χ3n) is 5.47. The summed E-state index contributed by atoms with van der Waals surface area (Å²) >= 11 is 1.18. The maximum atomic E-state index is 13.2. The van der Waals surface area contributed by atoms with Gasteiger partial charge in [0.2, 0.25) is 15.9 Å². The molecule has 1 aliphatic rings. The minimum absolute atomic E-state index is 0.157. The Morgan fingerprint density at radius 1 is 1.25 bits per heavy atom. The summed E-state index contributed by atoms with van der Waals surface area (Å²) in [5.41, 5.74) is 1.47. The molecule has 3 aromatic heterocycles. The lowest BCUT2D eigenvalue weighted by molar-refractivity contribution is 0.0885. The average Bonchev–Trinajstić information content (AvgIpc) is 3.61. The molecule has 3 aromatic rings. The molecule has 192 valence electrons. The monoisotopic (exact) mass is 532 g/mol. The van der Waals surface area contributed by atoms with Crippen molar-refractivity contribution in [1.29, 1.82) is 0 Å². The maximum absolute atomic E-state index is 13.2. The number of nitrogens with zero attached hydrogens (tertiary/aromatic N) is 4. The lowest BCUT2D eigenvalue weighted by atomic mass is 9.98. The zero-order valence-corrected chi connectivity index (χ0v) is 21.8. The molecule has 0 saturated heterocycles. The smallest absolute Gasteiger partial charge is 0.280 e. The number of sulfonamides is 1. The molecule has 1 saturated carbocycles. The van der Waals surface area contributed by atoms with Gasteiger partial charge in [0.15, 0.2) is 5.01 Å². The van der Waals surface area contributed by atoms with Crippen molar-refractivity contribution in [3.63, 3.8) is 0 Å². The highest BCUT2D eigenvalue weighted by Crippen LogP contribution is 2.31. The number of carbonyl (C=O) groups is 1. The minimum atomic E-state index is -3.43. The molecule has 0 unspecified atom stereocenters. The Labute approximate surface area is 213 Å². The van der Waals surface area contributed by atoms with Crippen molar-refractivity contribution >= 4 is 33.0 Å². The van der Waals surface area contributed by atoms with Crippen molar-refractivity contribution in [2.45, 2.75) is 38.0 Å². The number of pyridine rings is 1. The Bertz CT molecular complexity index is 1310. The van der Waals surface area contributed by atoms with Crippen LogP contribution in [-0.4, -0.2) is 59.8 Å². The highest BCUT2D eigenvalue weighted by atomic mass is 32.2. The standard InChI is InChI=1S/C23H28N6O5S2/c1-4-34-20-12-24-10-18(27-20)19-11-26-23(35-19)22(30)28-21(14(2)13-33-3)17-9-15(7-8-25-17)29-36(31,32)16-5-6-16/h7-12,14,16,21H,4-6,13H2,1-3H3,(H,25,29)(H,28,30)/t14-,21-/m1/s1. The fraction of sp³-hybridized carbons (Fsp3) is 0.435. The molecule has 1 fully saturated rings. The van der Waals surface area contributed by atoms with E-state index in [1.165, 1.54) is 23.7 Å². The molecule has 0 aromatic carbocycles. The molecule has 0 radical (unpaired) electrons. The normalized spacial score (nSPS) is 15.2. The van der Waals surface area contributed by atoms with Gasteiger partial charge < -0.3 is 14.8 Å². The number of methoxy groups -OCH3 is 1. The van der Waals surface area contributed by atoms with E-state index in [0.717, 1.165) is 0 Å². The van der Waals surface area contributed by atoms with Crippen LogP contribution in [0.15, 0.2) is 36.9 Å². The third-order valence-corrected chi connectivity index (χ3v) is 8.35. The number of carbonyl (C=O) groups excluding carboxylic acids is 1. The molecular formula is C23H28N6O5S2. The van der Waals surface area contributed by atoms with Gasteiger partial charge >= 0.3 is 0 Å². The molecule has 2 atom stereocenters. The van der Waals surface area contributed by atoms with Crippen LogP contribution < -0.4 is 14.8 Å². The summed E-state index contributed by atoms with van der Waals surface area (Å²) in [6.45, 7) is 4.59. The second kappa shape index (κ2) is 11.3. The first-order valence-corrected chi connectivity index (χ1v) is 13.9. The van der Waals surface area contributed by atoms with Crippen LogP contribution in [-0.2, 0) is 14.8 Å². The molecule has 11 nitrogen and oxygen atoms in total. The Morgan fingerprint density at radius 2 is 2.06 bits per heavy atom. The van der Waals surface area contributed by atoms with Gasteiger partial charge in [-0.2, -0.15) is 0 Å². The van der Waals surface area contributed by atoms with E-state index < -0.39 is 16.1 Å². The summed E-state index contributed by atoms with van der Waals surface area (Å²) in [6, 6.07) is 2.68. The first-order chi connectivity index (χ1) is 17.3. The predicted molar refractivity (Wildman–Crippen MR) is 135 cm³/mol. The zero-order chi connectivity index (χ0) is 25.7. The highest BCUT2D eigenvalue weighted by Gasteiger charge is 2.36. The summed E-state index contributed by atoms with van der Waals surface area (Å²) in [5.74, 6) is -0.153. The minimum Gasteiger partial charge on any atom is -0.477 e. The number of nitrogens with one attached hydrogen (secondary N) is 2. The summed E-state index contributed by atoms with van der Waals surface area (Å²) in [6.07, 6.45) is 7.51. The summed E-state index contributed by atoms with van der Waals surface area (Å²) in [4.78, 5) is 31.0. The number of hydrogen-bond donors (Lipinski definition) is 2. The number of hydrogen-bond acceptors (Lipinski definition) is 10. The van der Waals surface area contributed by atoms with Gasteiger partial charge in [-0.25, -0.2) is 18.4 Å². The second-order valence-corrected chi connectivity index (χ2v) is 11.4. The molecular weight excluding hydrogens is 504 g/mol. The molecule has 0 bridgehead atoms. The van der Waals surface area contributed by atoms with Gasteiger partial charge in [-0.15, -0.1) is 11.3 Å². The van der Waals surface area contributed by atoms with Gasteiger partial charge in [0.05, 0.1) is 53.2 Å². The van der Waals surface area contributed by atoms with Gasteiger partial charge in [-0.05, 0) is 31.9 Å². The van der Waals surface area contributed by atoms with Crippen molar-refractivity contribution in [1.82, 2.24) is 25.3 Å². The third kappa shape index (κ3) is 6.33. The van der Waals surface area contributed by atoms with Crippen LogP contribution in [0.25, 0.3) is 10.6 Å². The Kier molecular flexibility index (Phi) is 8.11. The van der Waals surface area contributed by atoms with E-state index in [-0.39, 0.29) is 22.1 Å². The molecule has 3 heterocycles. The van der Waals surface area contributed by atoms with E-state index in [1.54, 1.807) is 31.6 Å². The molecule has 36 heavy (non-hydrogen) atoms. The van der Waals surface area contributed by atoms with Gasteiger partial charge in [0.25, 0.3) is 5.91 Å². The van der Waals surface area contributed by atoms with Crippen LogP contribution in [0.5, 0.6) is 5.88 Å². The topological polar surface area (TPSA) is 145 Å². The van der Waals surface area contributed by atoms with Gasteiger partial charge in [0, 0.05) is 25.4 Å². The van der Waals surface area contributed by atoms with Gasteiger partial charge in [-0.1, -0.05) is 6.92 Å². The first-order valence-electron chi connectivity index (χ1n) is 11.5. The number of amides is 1. The largest absolute Gasteiger partial charge is 0.477 e. The van der Waals surface area contributed by atoms with Gasteiger partial charge in [0.1, 0.15) is 5.69 Å². The Balaban J connectivity index is 1.54. The number of anilines is 1. The fourth-order valence-electron chi connectivity index (χ4n) is 3.56. The number of aromatic nitrogens is 4. The van der Waals surface area contributed by atoms with Crippen LogP contribution >= 0.6 is 11.3 Å². The van der Waals surface area contributed by atoms with E-state index in [1.807, 2.05) is 13.8 Å². The number of rotatable bonds is 12. The van der Waals surface area contributed by atoms with Crippen molar-refractivity contribution in [2.75, 3.05) is 25.0 Å². The van der Waals surface area contributed by atoms with Crippen LogP contribution in [0.4, 0.5) is 5.69 Å². The van der Waals surface area contributed by atoms with Crippen LogP contribution in [0.2, 0.25) is 0 Å². The molecule has 1 amide bonds. The average molecular weight is 533 g/mol. The Hall–Kier alpha value is -3.16. The first kappa shape index (κ1) is 25.9. The number of thiazole rings is 1. The predicted octanol–water partition coefficient (Wildman–Crippen LogP) is 3.05. The molecule has 1 aliphatic carbocycles. The maximum Gasteiger partial charge on any atom is 0.280 e. The van der Waals surface area contributed by atoms with E-state index in [4.69, 9.17) is 9.47 Å². The SMILES string of the molecule is CCOc1cncc(-c2cnc(C(=O)N[C@@H](c3cc(NS(=O)(=O)C4CC4)ccn3)[C@H](C)COC)s2)n1. The van der Waals surface area contributed by atoms with E-state index >= 15 is 0 Å². The van der Waals surface area contributed by atoms with Crippen molar-refractivity contribution in [2.24, 2.45) is 5.92 Å². The molecule has 13 heteroatoms. The lowest BCUT2D eigenvalue weighted by Gasteiger charge is -2.24. The van der Waals surface area contributed by atoms with E-state index in [9.17, 15) is 13.2 Å². The van der Waals surface area contributed by atoms with E-state index in [2.05, 4.69) is 30.0 Å². The summed E-state index contributed by atoms with van der Waals surface area (Å²) < 4.78 is 38.1. The summed E-state index contributed by atoms with van der Waals surface area (Å²) in [7, 11) is -1.85. The molecule has 4 rings (SSSR count). The van der Waals surface area contributed by atoms with Crippen LogP contribution in [0, 0.1) is 5.92 Å². The van der Waals surface area contributed by atoms with Crippen molar-refractivity contribution in [3.8, 4) is 16.5 Å².